The van der Waals surface area contributed by atoms with Crippen molar-refractivity contribution in [1.29, 1.82) is 0 Å². The van der Waals surface area contributed by atoms with Crippen LogP contribution in [0.4, 0.5) is 0 Å². The molecule has 0 saturated heterocycles. The van der Waals surface area contributed by atoms with E-state index in [1.165, 1.54) is 12.8 Å². The molecule has 10 heavy (non-hydrogen) atoms. The molecule has 0 aromatic heterocycles. The molecule has 0 radical (unpaired) electrons. The third-order valence-corrected chi connectivity index (χ3v) is 2.57. The quantitative estimate of drug-likeness (QED) is 0.388. The van der Waals surface area contributed by atoms with E-state index < -0.39 is 7.55 Å². The Labute approximate surface area is 81.9 Å². The van der Waals surface area contributed by atoms with Gasteiger partial charge in [0.05, 0.1) is 0 Å². The predicted molar refractivity (Wildman–Crippen MR) is 53.4 cm³/mol. The standard InChI is InChI=1S/C6H16ClNSi.Li.H/c1-4-5-6-8-9(2,3)7;;/h8H,4-6H2,1-3H3;;. The molecular formula is C6H17ClLiNSi. The van der Waals surface area contributed by atoms with Crippen molar-refractivity contribution in [3.63, 3.8) is 0 Å². The monoisotopic (exact) mass is 173 g/mol. The molecule has 0 saturated carbocycles. The zero-order valence-corrected chi connectivity index (χ0v) is 8.26. The Hall–Kier alpha value is 1.06. The summed E-state index contributed by atoms with van der Waals surface area (Å²) in [5.74, 6) is 0. The molecule has 0 bridgehead atoms. The maximum absolute atomic E-state index is 6.00. The Kier molecular flexibility index (Phi) is 9.21. The van der Waals surface area contributed by atoms with Gasteiger partial charge in [0.2, 0.25) is 7.55 Å². The van der Waals surface area contributed by atoms with Gasteiger partial charge in [-0.05, 0) is 26.1 Å². The molecule has 0 rings (SSSR count). The normalized spacial score (nSPS) is 10.8. The number of hydrogen-bond donors (Lipinski definition) is 1. The second-order valence-corrected chi connectivity index (χ2v) is 8.89. The fraction of sp³-hybridized carbons (Fsp3) is 1.00. The first kappa shape index (κ1) is 13.6. The van der Waals surface area contributed by atoms with Gasteiger partial charge in [-0.3, -0.25) is 0 Å². The van der Waals surface area contributed by atoms with Crippen LogP contribution in [0.2, 0.25) is 13.1 Å². The van der Waals surface area contributed by atoms with Crippen LogP contribution in [0.1, 0.15) is 19.8 Å². The molecular weight excluding hydrogens is 157 g/mol. The maximum atomic E-state index is 6.00. The minimum atomic E-state index is -1.47. The number of halogens is 1. The first-order valence-electron chi connectivity index (χ1n) is 3.50. The molecule has 0 aliphatic heterocycles. The van der Waals surface area contributed by atoms with Gasteiger partial charge in [-0.25, -0.2) is 0 Å². The molecule has 1 nitrogen and oxygen atoms in total. The SMILES string of the molecule is CCCCN[Si](C)(C)Cl.[LiH]. The summed E-state index contributed by atoms with van der Waals surface area (Å²) in [4.78, 5) is 3.33. The van der Waals surface area contributed by atoms with Gasteiger partial charge in [-0.15, -0.1) is 11.1 Å². The van der Waals surface area contributed by atoms with Crippen LogP contribution in [0.3, 0.4) is 0 Å². The van der Waals surface area contributed by atoms with Crippen LogP contribution in [0.25, 0.3) is 0 Å². The van der Waals surface area contributed by atoms with E-state index in [0.29, 0.717) is 0 Å². The van der Waals surface area contributed by atoms with E-state index in [1.54, 1.807) is 0 Å². The third kappa shape index (κ3) is 11.8. The Morgan fingerprint density at radius 3 is 2.20 bits per heavy atom. The third-order valence-electron chi connectivity index (χ3n) is 1.08. The van der Waals surface area contributed by atoms with Gasteiger partial charge in [-0.2, -0.15) is 0 Å². The van der Waals surface area contributed by atoms with Gasteiger partial charge in [-0.1, -0.05) is 13.3 Å². The second kappa shape index (κ2) is 6.75. The van der Waals surface area contributed by atoms with Crippen LogP contribution in [-0.2, 0) is 0 Å². The van der Waals surface area contributed by atoms with Crippen molar-refractivity contribution in [3.8, 4) is 0 Å². The fourth-order valence-electron chi connectivity index (χ4n) is 0.562. The molecule has 1 N–H and O–H groups in total. The predicted octanol–water partition coefficient (Wildman–Crippen LogP) is 1.67. The summed E-state index contributed by atoms with van der Waals surface area (Å²) in [6.07, 6.45) is 2.48. The van der Waals surface area contributed by atoms with Crippen molar-refractivity contribution in [1.82, 2.24) is 4.98 Å². The van der Waals surface area contributed by atoms with Gasteiger partial charge in [0, 0.05) is 0 Å². The van der Waals surface area contributed by atoms with Gasteiger partial charge in [0.25, 0.3) is 0 Å². The number of nitrogens with one attached hydrogen (secondary N) is 1. The van der Waals surface area contributed by atoms with Gasteiger partial charge >= 0.3 is 18.9 Å². The van der Waals surface area contributed by atoms with Crippen molar-refractivity contribution in [2.24, 2.45) is 0 Å². The van der Waals surface area contributed by atoms with Crippen molar-refractivity contribution < 1.29 is 0 Å². The summed E-state index contributed by atoms with van der Waals surface area (Å²) >= 11 is 6.00. The van der Waals surface area contributed by atoms with Crippen molar-refractivity contribution >= 4 is 37.5 Å². The summed E-state index contributed by atoms with van der Waals surface area (Å²) in [6.45, 7) is 7.47. The molecule has 0 aliphatic carbocycles. The fourth-order valence-corrected chi connectivity index (χ4v) is 1.62. The molecule has 4 heteroatoms. The molecule has 0 aromatic carbocycles. The summed E-state index contributed by atoms with van der Waals surface area (Å²) in [5, 5.41) is 0. The first-order valence-corrected chi connectivity index (χ1v) is 7.51. The number of unbranched alkanes of at least 4 members (excludes halogenated alkanes) is 1. The van der Waals surface area contributed by atoms with Crippen LogP contribution in [0.5, 0.6) is 0 Å². The van der Waals surface area contributed by atoms with Gasteiger partial charge in [0.15, 0.2) is 0 Å². The van der Waals surface area contributed by atoms with E-state index in [4.69, 9.17) is 11.1 Å². The second-order valence-electron chi connectivity index (χ2n) is 2.75. The molecule has 0 aliphatic rings. The average molecular weight is 174 g/mol. The zero-order chi connectivity index (χ0) is 7.33. The molecule has 58 valence electrons. The Balaban J connectivity index is 0. The zero-order valence-electron chi connectivity index (χ0n) is 6.50. The molecule has 0 aromatic rings. The Bertz CT molecular complexity index is 74.6. The molecule has 0 amide bonds. The van der Waals surface area contributed by atoms with Crippen molar-refractivity contribution in [2.75, 3.05) is 6.54 Å². The van der Waals surface area contributed by atoms with E-state index >= 15 is 0 Å². The van der Waals surface area contributed by atoms with Gasteiger partial charge < -0.3 is 4.98 Å². The van der Waals surface area contributed by atoms with E-state index in [0.717, 1.165) is 6.54 Å². The number of rotatable bonds is 4. The van der Waals surface area contributed by atoms with Crippen LogP contribution < -0.4 is 4.98 Å². The Morgan fingerprint density at radius 2 is 1.90 bits per heavy atom. The van der Waals surface area contributed by atoms with E-state index in [9.17, 15) is 0 Å². The summed E-state index contributed by atoms with van der Waals surface area (Å²) in [6, 6.07) is 0. The number of hydrogen-bond acceptors (Lipinski definition) is 1. The van der Waals surface area contributed by atoms with E-state index in [-0.39, 0.29) is 18.9 Å². The summed E-state index contributed by atoms with van der Waals surface area (Å²) < 4.78 is 0. The molecule has 0 atom stereocenters. The van der Waals surface area contributed by atoms with Crippen LogP contribution in [0.15, 0.2) is 0 Å². The van der Waals surface area contributed by atoms with E-state index in [1.807, 2.05) is 0 Å². The van der Waals surface area contributed by atoms with Crippen LogP contribution in [-0.4, -0.2) is 33.0 Å². The van der Waals surface area contributed by atoms with Crippen LogP contribution >= 0.6 is 11.1 Å². The minimum absolute atomic E-state index is 0. The Morgan fingerprint density at radius 1 is 1.40 bits per heavy atom. The van der Waals surface area contributed by atoms with Gasteiger partial charge in [0.1, 0.15) is 0 Å². The van der Waals surface area contributed by atoms with Crippen molar-refractivity contribution in [2.45, 2.75) is 32.9 Å². The molecule has 0 spiro atoms. The van der Waals surface area contributed by atoms with Crippen LogP contribution in [0, 0.1) is 0 Å². The van der Waals surface area contributed by atoms with Crippen molar-refractivity contribution in [3.05, 3.63) is 0 Å². The molecule has 0 heterocycles. The molecule has 0 unspecified atom stereocenters. The topological polar surface area (TPSA) is 12.0 Å². The van der Waals surface area contributed by atoms with E-state index in [2.05, 4.69) is 25.0 Å². The average Bonchev–Trinajstić information content (AvgIpc) is 1.63. The first-order chi connectivity index (χ1) is 4.06. The summed E-state index contributed by atoms with van der Waals surface area (Å²) in [7, 11) is -1.47. The summed E-state index contributed by atoms with van der Waals surface area (Å²) in [5.41, 5.74) is 0. The molecule has 0 fully saturated rings.